The van der Waals surface area contributed by atoms with E-state index in [2.05, 4.69) is 37.9 Å². The molecule has 1 saturated carbocycles. The second-order valence-corrected chi connectivity index (χ2v) is 5.67. The molecule has 0 aliphatic heterocycles. The molecule has 0 heterocycles. The number of rotatable bonds is 6. The Kier molecular flexibility index (Phi) is 4.19. The molecule has 0 aromatic carbocycles. The number of nitrogens with zero attached hydrogens (tertiary/aromatic N) is 2. The Labute approximate surface area is 98.5 Å². The maximum absolute atomic E-state index is 8.61. The van der Waals surface area contributed by atoms with Crippen molar-refractivity contribution >= 4 is 5.84 Å². The van der Waals surface area contributed by atoms with E-state index < -0.39 is 0 Å². The van der Waals surface area contributed by atoms with Gasteiger partial charge in [0.2, 0.25) is 0 Å². The van der Waals surface area contributed by atoms with Crippen molar-refractivity contribution in [1.82, 2.24) is 4.90 Å². The van der Waals surface area contributed by atoms with Crippen LogP contribution in [0.4, 0.5) is 0 Å². The number of nitrogens with two attached hydrogens (primary N) is 1. The molecule has 3 N–H and O–H groups in total. The molecule has 1 aliphatic carbocycles. The summed E-state index contributed by atoms with van der Waals surface area (Å²) in [4.78, 5) is 2.39. The fourth-order valence-electron chi connectivity index (χ4n) is 2.17. The molecular formula is C12H25N3O. The van der Waals surface area contributed by atoms with Gasteiger partial charge >= 0.3 is 0 Å². The van der Waals surface area contributed by atoms with Crippen LogP contribution >= 0.6 is 0 Å². The van der Waals surface area contributed by atoms with Crippen LogP contribution in [0, 0.1) is 11.3 Å². The molecule has 0 spiro atoms. The van der Waals surface area contributed by atoms with Gasteiger partial charge in [0, 0.05) is 19.0 Å². The van der Waals surface area contributed by atoms with E-state index in [9.17, 15) is 0 Å². The number of amidine groups is 1. The number of oxime groups is 1. The molecule has 1 atom stereocenters. The van der Waals surface area contributed by atoms with E-state index in [1.165, 1.54) is 12.8 Å². The molecule has 1 fully saturated rings. The molecule has 0 aromatic heterocycles. The van der Waals surface area contributed by atoms with E-state index in [0.717, 1.165) is 13.0 Å². The topological polar surface area (TPSA) is 61.8 Å². The lowest BCUT2D eigenvalue weighted by molar-refractivity contribution is 0.172. The average molecular weight is 227 g/mol. The van der Waals surface area contributed by atoms with Gasteiger partial charge < -0.3 is 15.8 Å². The van der Waals surface area contributed by atoms with E-state index in [1.807, 2.05) is 0 Å². The van der Waals surface area contributed by atoms with Gasteiger partial charge in [-0.15, -0.1) is 0 Å². The maximum Gasteiger partial charge on any atom is 0.139 e. The third-order valence-electron chi connectivity index (χ3n) is 3.89. The second-order valence-electron chi connectivity index (χ2n) is 5.67. The summed E-state index contributed by atoms with van der Waals surface area (Å²) in [6, 6.07) is 0.574. The third kappa shape index (κ3) is 3.37. The molecule has 4 nitrogen and oxygen atoms in total. The van der Waals surface area contributed by atoms with Gasteiger partial charge in [-0.2, -0.15) is 0 Å². The van der Waals surface area contributed by atoms with Crippen molar-refractivity contribution in [1.29, 1.82) is 0 Å². The van der Waals surface area contributed by atoms with Gasteiger partial charge in [0.05, 0.1) is 0 Å². The quantitative estimate of drug-likeness (QED) is 0.315. The normalized spacial score (nSPS) is 21.5. The molecule has 1 unspecified atom stereocenters. The first kappa shape index (κ1) is 13.3. The fourth-order valence-corrected chi connectivity index (χ4v) is 2.17. The first-order valence-corrected chi connectivity index (χ1v) is 6.07. The number of hydrogen-bond donors (Lipinski definition) is 2. The van der Waals surface area contributed by atoms with Crippen LogP contribution in [0.5, 0.6) is 0 Å². The lowest BCUT2D eigenvalue weighted by atomic mass is 9.98. The molecule has 0 radical (unpaired) electrons. The minimum absolute atomic E-state index is 0.272. The van der Waals surface area contributed by atoms with E-state index >= 15 is 0 Å². The van der Waals surface area contributed by atoms with Gasteiger partial charge in [-0.25, -0.2) is 0 Å². The van der Waals surface area contributed by atoms with Gasteiger partial charge in [-0.05, 0) is 38.1 Å². The molecule has 1 aliphatic rings. The highest BCUT2D eigenvalue weighted by Crippen LogP contribution is 2.49. The minimum Gasteiger partial charge on any atom is -0.409 e. The van der Waals surface area contributed by atoms with E-state index in [0.29, 0.717) is 17.8 Å². The summed E-state index contributed by atoms with van der Waals surface area (Å²) in [5, 5.41) is 11.7. The van der Waals surface area contributed by atoms with Crippen LogP contribution < -0.4 is 5.73 Å². The summed E-state index contributed by atoms with van der Waals surface area (Å²) in [6.07, 6.45) is 3.11. The average Bonchev–Trinajstić information content (AvgIpc) is 2.96. The minimum atomic E-state index is 0.272. The van der Waals surface area contributed by atoms with Gasteiger partial charge in [-0.3, -0.25) is 0 Å². The monoisotopic (exact) mass is 227 g/mol. The summed E-state index contributed by atoms with van der Waals surface area (Å²) < 4.78 is 0. The Morgan fingerprint density at radius 2 is 2.00 bits per heavy atom. The summed E-state index contributed by atoms with van der Waals surface area (Å²) in [5.41, 5.74) is 5.86. The molecule has 0 aromatic rings. The van der Waals surface area contributed by atoms with Crippen LogP contribution in [0.2, 0.25) is 0 Å². The zero-order chi connectivity index (χ0) is 12.3. The van der Waals surface area contributed by atoms with Crippen molar-refractivity contribution in [2.75, 3.05) is 13.6 Å². The lowest BCUT2D eigenvalue weighted by Gasteiger charge is -2.31. The standard InChI is InChI=1S/C12H25N3O/c1-9(2)10(3)15(4)8-12(5-6-12)7-11(13)14-16/h9-10,16H,5-8H2,1-4H3,(H2,13,14). The SMILES string of the molecule is CC(C)C(C)N(C)CC1(CC(N)=NO)CC1. The highest BCUT2D eigenvalue weighted by molar-refractivity contribution is 5.80. The van der Waals surface area contributed by atoms with Crippen molar-refractivity contribution in [2.45, 2.75) is 46.1 Å². The zero-order valence-corrected chi connectivity index (χ0v) is 10.9. The van der Waals surface area contributed by atoms with Gasteiger partial charge in [-0.1, -0.05) is 19.0 Å². The van der Waals surface area contributed by atoms with Crippen molar-refractivity contribution < 1.29 is 5.21 Å². The highest BCUT2D eigenvalue weighted by Gasteiger charge is 2.44. The Morgan fingerprint density at radius 1 is 1.44 bits per heavy atom. The summed E-state index contributed by atoms with van der Waals surface area (Å²) in [5.74, 6) is 1.02. The number of hydrogen-bond acceptors (Lipinski definition) is 3. The Hall–Kier alpha value is -0.770. The van der Waals surface area contributed by atoms with E-state index in [1.54, 1.807) is 0 Å². The second kappa shape index (κ2) is 5.04. The molecule has 0 amide bonds. The fraction of sp³-hybridized carbons (Fsp3) is 0.917. The summed E-state index contributed by atoms with van der Waals surface area (Å²) in [6.45, 7) is 7.78. The first-order chi connectivity index (χ1) is 7.40. The largest absolute Gasteiger partial charge is 0.409 e. The van der Waals surface area contributed by atoms with Gasteiger partial charge in [0.15, 0.2) is 0 Å². The van der Waals surface area contributed by atoms with Crippen LogP contribution in [0.1, 0.15) is 40.0 Å². The Balaban J connectivity index is 2.47. The van der Waals surface area contributed by atoms with Crippen LogP contribution in [0.25, 0.3) is 0 Å². The molecule has 94 valence electrons. The van der Waals surface area contributed by atoms with Crippen molar-refractivity contribution in [3.8, 4) is 0 Å². The van der Waals surface area contributed by atoms with Gasteiger partial charge in [0.1, 0.15) is 5.84 Å². The van der Waals surface area contributed by atoms with Crippen molar-refractivity contribution in [3.63, 3.8) is 0 Å². The Morgan fingerprint density at radius 3 is 2.38 bits per heavy atom. The van der Waals surface area contributed by atoms with Crippen molar-refractivity contribution in [3.05, 3.63) is 0 Å². The molecule has 4 heteroatoms. The van der Waals surface area contributed by atoms with Crippen molar-refractivity contribution in [2.24, 2.45) is 22.2 Å². The summed E-state index contributed by atoms with van der Waals surface area (Å²) in [7, 11) is 2.16. The predicted octanol–water partition coefficient (Wildman–Crippen LogP) is 1.88. The van der Waals surface area contributed by atoms with Crippen LogP contribution in [-0.2, 0) is 0 Å². The molecular weight excluding hydrogens is 202 g/mol. The summed E-state index contributed by atoms with van der Waals surface area (Å²) >= 11 is 0. The maximum atomic E-state index is 8.61. The molecule has 0 bridgehead atoms. The molecule has 16 heavy (non-hydrogen) atoms. The van der Waals surface area contributed by atoms with Crippen LogP contribution in [0.3, 0.4) is 0 Å². The smallest absolute Gasteiger partial charge is 0.139 e. The highest BCUT2D eigenvalue weighted by atomic mass is 16.4. The Bertz CT molecular complexity index is 259. The molecule has 1 rings (SSSR count). The van der Waals surface area contributed by atoms with Crippen LogP contribution in [0.15, 0.2) is 5.16 Å². The van der Waals surface area contributed by atoms with Crippen LogP contribution in [-0.4, -0.2) is 35.6 Å². The lowest BCUT2D eigenvalue weighted by Crippen LogP contribution is -2.38. The third-order valence-corrected chi connectivity index (χ3v) is 3.89. The molecule has 0 saturated heterocycles. The predicted molar refractivity (Wildman–Crippen MR) is 66.6 cm³/mol. The zero-order valence-electron chi connectivity index (χ0n) is 10.9. The van der Waals surface area contributed by atoms with Gasteiger partial charge in [0.25, 0.3) is 0 Å². The first-order valence-electron chi connectivity index (χ1n) is 6.07. The van der Waals surface area contributed by atoms with E-state index in [-0.39, 0.29) is 5.41 Å². The van der Waals surface area contributed by atoms with E-state index in [4.69, 9.17) is 10.9 Å².